The van der Waals surface area contributed by atoms with Gasteiger partial charge in [0.15, 0.2) is 0 Å². The molecule has 0 aliphatic carbocycles. The van der Waals surface area contributed by atoms with E-state index in [1.807, 2.05) is 32.9 Å². The van der Waals surface area contributed by atoms with Gasteiger partial charge in [-0.15, -0.1) is 0 Å². The average Bonchev–Trinajstić information content (AvgIpc) is 2.38. The molecule has 2 N–H and O–H groups in total. The van der Waals surface area contributed by atoms with Gasteiger partial charge in [0.2, 0.25) is 11.8 Å². The van der Waals surface area contributed by atoms with E-state index in [-0.39, 0.29) is 30.4 Å². The molecule has 0 saturated heterocycles. The summed E-state index contributed by atoms with van der Waals surface area (Å²) < 4.78 is 0. The van der Waals surface area contributed by atoms with Crippen molar-refractivity contribution in [1.82, 2.24) is 15.5 Å². The Kier molecular flexibility index (Phi) is 7.23. The molecular weight excluding hydrogens is 290 g/mol. The molecule has 1 aromatic carbocycles. The number of hydrogen-bond acceptors (Lipinski definition) is 3. The van der Waals surface area contributed by atoms with Crippen LogP contribution in [0, 0.1) is 6.92 Å². The Bertz CT molecular complexity index is 535. The molecule has 1 aromatic rings. The number of nitrogens with zero attached hydrogens (tertiary/aromatic N) is 1. The van der Waals surface area contributed by atoms with Crippen molar-refractivity contribution in [3.05, 3.63) is 35.4 Å². The summed E-state index contributed by atoms with van der Waals surface area (Å²) in [4.78, 5) is 25.4. The highest BCUT2D eigenvalue weighted by Gasteiger charge is 2.16. The third-order valence-electron chi connectivity index (χ3n) is 3.32. The van der Waals surface area contributed by atoms with E-state index in [1.165, 1.54) is 11.1 Å². The third kappa shape index (κ3) is 8.35. The summed E-state index contributed by atoms with van der Waals surface area (Å²) in [5.41, 5.74) is 2.22. The molecule has 0 fully saturated rings. The number of benzene rings is 1. The topological polar surface area (TPSA) is 61.4 Å². The van der Waals surface area contributed by atoms with Crippen molar-refractivity contribution < 1.29 is 9.59 Å². The number of rotatable bonds is 7. The maximum absolute atomic E-state index is 11.9. The summed E-state index contributed by atoms with van der Waals surface area (Å²) in [5.74, 6) is -0.141. The second-order valence-electron chi connectivity index (χ2n) is 7.00. The van der Waals surface area contributed by atoms with Crippen LogP contribution >= 0.6 is 0 Å². The van der Waals surface area contributed by atoms with Gasteiger partial charge in [0.05, 0.1) is 13.1 Å². The van der Waals surface area contributed by atoms with Crippen LogP contribution in [0.3, 0.4) is 0 Å². The predicted octanol–water partition coefficient (Wildman–Crippen LogP) is 1.50. The molecule has 5 heteroatoms. The second-order valence-corrected chi connectivity index (χ2v) is 7.00. The minimum absolute atomic E-state index is 0.0651. The van der Waals surface area contributed by atoms with E-state index in [0.717, 1.165) is 6.42 Å². The largest absolute Gasteiger partial charge is 0.355 e. The SMILES string of the molecule is Cc1ccccc1CCNC(=O)CN(C)CC(=O)NC(C)(C)C. The highest BCUT2D eigenvalue weighted by molar-refractivity contribution is 5.81. The van der Waals surface area contributed by atoms with Gasteiger partial charge in [-0.1, -0.05) is 24.3 Å². The summed E-state index contributed by atoms with van der Waals surface area (Å²) in [6.07, 6.45) is 0.812. The van der Waals surface area contributed by atoms with Crippen LogP contribution in [0.5, 0.6) is 0 Å². The van der Waals surface area contributed by atoms with Gasteiger partial charge in [-0.2, -0.15) is 0 Å². The fourth-order valence-electron chi connectivity index (χ4n) is 2.29. The van der Waals surface area contributed by atoms with Crippen LogP contribution < -0.4 is 10.6 Å². The Labute approximate surface area is 139 Å². The van der Waals surface area contributed by atoms with Gasteiger partial charge in [-0.25, -0.2) is 0 Å². The zero-order valence-corrected chi connectivity index (χ0v) is 14.9. The van der Waals surface area contributed by atoms with Crippen LogP contribution in [-0.4, -0.2) is 48.9 Å². The zero-order chi connectivity index (χ0) is 17.5. The summed E-state index contributed by atoms with van der Waals surface area (Å²) in [5, 5.41) is 5.78. The molecule has 0 heterocycles. The Morgan fingerprint density at radius 3 is 2.30 bits per heavy atom. The quantitative estimate of drug-likeness (QED) is 0.801. The first-order valence-electron chi connectivity index (χ1n) is 7.98. The summed E-state index contributed by atoms with van der Waals surface area (Å²) >= 11 is 0. The molecule has 0 aromatic heterocycles. The molecular formula is C18H29N3O2. The van der Waals surface area contributed by atoms with E-state index < -0.39 is 0 Å². The Balaban J connectivity index is 2.28. The summed E-state index contributed by atoms with van der Waals surface area (Å²) in [6.45, 7) is 8.90. The number of carbonyl (C=O) groups is 2. The third-order valence-corrected chi connectivity index (χ3v) is 3.32. The lowest BCUT2D eigenvalue weighted by molar-refractivity contribution is -0.125. The number of amides is 2. The minimum Gasteiger partial charge on any atom is -0.355 e. The van der Waals surface area contributed by atoms with Gasteiger partial charge in [0.25, 0.3) is 0 Å². The zero-order valence-electron chi connectivity index (χ0n) is 14.9. The summed E-state index contributed by atoms with van der Waals surface area (Å²) in [6, 6.07) is 8.16. The van der Waals surface area contributed by atoms with E-state index >= 15 is 0 Å². The minimum atomic E-state index is -0.256. The molecule has 2 amide bonds. The lowest BCUT2D eigenvalue weighted by Crippen LogP contribution is -2.46. The number of likely N-dealkylation sites (N-methyl/N-ethyl adjacent to an activating group) is 1. The first-order chi connectivity index (χ1) is 10.7. The van der Waals surface area contributed by atoms with Crippen LogP contribution in [-0.2, 0) is 16.0 Å². The lowest BCUT2D eigenvalue weighted by Gasteiger charge is -2.23. The molecule has 0 saturated carbocycles. The van der Waals surface area contributed by atoms with Crippen molar-refractivity contribution in [2.24, 2.45) is 0 Å². The van der Waals surface area contributed by atoms with Crippen LogP contribution in [0.15, 0.2) is 24.3 Å². The smallest absolute Gasteiger partial charge is 0.234 e. The van der Waals surface area contributed by atoms with Crippen LogP contribution in [0.1, 0.15) is 31.9 Å². The molecule has 1 rings (SSSR count). The monoisotopic (exact) mass is 319 g/mol. The second kappa shape index (κ2) is 8.67. The number of aryl methyl sites for hydroxylation is 1. The Morgan fingerprint density at radius 1 is 1.09 bits per heavy atom. The van der Waals surface area contributed by atoms with Crippen molar-refractivity contribution in [2.75, 3.05) is 26.7 Å². The molecule has 0 radical (unpaired) electrons. The standard InChI is InChI=1S/C18H29N3O2/c1-14-8-6-7-9-15(14)10-11-19-16(22)12-21(5)13-17(23)20-18(2,3)4/h6-9H,10-13H2,1-5H3,(H,19,22)(H,20,23). The molecule has 0 aliphatic heterocycles. The molecule has 128 valence electrons. The van der Waals surface area contributed by atoms with Crippen molar-refractivity contribution in [3.8, 4) is 0 Å². The molecule has 0 unspecified atom stereocenters. The molecule has 0 aliphatic rings. The first kappa shape index (κ1) is 19.2. The number of nitrogens with one attached hydrogen (secondary N) is 2. The molecule has 23 heavy (non-hydrogen) atoms. The van der Waals surface area contributed by atoms with Crippen LogP contribution in [0.25, 0.3) is 0 Å². The normalized spacial score (nSPS) is 11.4. The maximum Gasteiger partial charge on any atom is 0.234 e. The molecule has 0 spiro atoms. The van der Waals surface area contributed by atoms with Crippen LogP contribution in [0.2, 0.25) is 0 Å². The van der Waals surface area contributed by atoms with Gasteiger partial charge in [0, 0.05) is 12.1 Å². The molecule has 0 atom stereocenters. The summed E-state index contributed by atoms with van der Waals surface area (Å²) in [7, 11) is 1.77. The van der Waals surface area contributed by atoms with Crippen molar-refractivity contribution in [1.29, 1.82) is 0 Å². The van der Waals surface area contributed by atoms with E-state index in [0.29, 0.717) is 6.54 Å². The average molecular weight is 319 g/mol. The number of carbonyl (C=O) groups excluding carboxylic acids is 2. The number of hydrogen-bond donors (Lipinski definition) is 2. The van der Waals surface area contributed by atoms with Crippen molar-refractivity contribution >= 4 is 11.8 Å². The molecule has 5 nitrogen and oxygen atoms in total. The lowest BCUT2D eigenvalue weighted by atomic mass is 10.1. The van der Waals surface area contributed by atoms with Gasteiger partial charge < -0.3 is 10.6 Å². The molecule has 0 bridgehead atoms. The van der Waals surface area contributed by atoms with Gasteiger partial charge in [0.1, 0.15) is 0 Å². The van der Waals surface area contributed by atoms with E-state index in [4.69, 9.17) is 0 Å². The highest BCUT2D eigenvalue weighted by atomic mass is 16.2. The predicted molar refractivity (Wildman–Crippen MR) is 93.3 cm³/mol. The van der Waals surface area contributed by atoms with Crippen LogP contribution in [0.4, 0.5) is 0 Å². The first-order valence-corrected chi connectivity index (χ1v) is 7.98. The fourth-order valence-corrected chi connectivity index (χ4v) is 2.29. The van der Waals surface area contributed by atoms with E-state index in [9.17, 15) is 9.59 Å². The maximum atomic E-state index is 11.9. The van der Waals surface area contributed by atoms with Crippen molar-refractivity contribution in [2.45, 2.75) is 39.7 Å². The van der Waals surface area contributed by atoms with Crippen molar-refractivity contribution in [3.63, 3.8) is 0 Å². The highest BCUT2D eigenvalue weighted by Crippen LogP contribution is 2.06. The van der Waals surface area contributed by atoms with E-state index in [2.05, 4.69) is 29.7 Å². The fraction of sp³-hybridized carbons (Fsp3) is 0.556. The Morgan fingerprint density at radius 2 is 1.70 bits per heavy atom. The Hall–Kier alpha value is -1.88. The van der Waals surface area contributed by atoms with Gasteiger partial charge in [-0.3, -0.25) is 14.5 Å². The van der Waals surface area contributed by atoms with Gasteiger partial charge in [-0.05, 0) is 52.3 Å². The van der Waals surface area contributed by atoms with E-state index in [1.54, 1.807) is 11.9 Å². The van der Waals surface area contributed by atoms with Gasteiger partial charge >= 0.3 is 0 Å².